The fraction of sp³-hybridized carbons (Fsp3) is 0.444. The van der Waals surface area contributed by atoms with Crippen LogP contribution >= 0.6 is 0 Å². The predicted octanol–water partition coefficient (Wildman–Crippen LogP) is 1.51. The topological polar surface area (TPSA) is 53.1 Å². The van der Waals surface area contributed by atoms with Crippen LogP contribution in [-0.4, -0.2) is 16.1 Å². The average Bonchev–Trinajstić information content (AvgIpc) is 2.53. The third-order valence-corrected chi connectivity index (χ3v) is 2.50. The molecule has 1 aromatic rings. The Labute approximate surface area is 70.4 Å². The minimum absolute atomic E-state index is 0.403. The maximum Gasteiger partial charge on any atom is 0.352 e. The molecule has 3 nitrogen and oxygen atoms in total. The van der Waals surface area contributed by atoms with E-state index in [4.69, 9.17) is 5.11 Å². The van der Waals surface area contributed by atoms with Gasteiger partial charge in [0, 0.05) is 5.69 Å². The summed E-state index contributed by atoms with van der Waals surface area (Å²) in [6.07, 6.45) is 3.05. The summed E-state index contributed by atoms with van der Waals surface area (Å²) < 4.78 is 0. The zero-order valence-electron chi connectivity index (χ0n) is 6.98. The summed E-state index contributed by atoms with van der Waals surface area (Å²) >= 11 is 0. The van der Waals surface area contributed by atoms with Crippen molar-refractivity contribution >= 4 is 5.97 Å². The molecule has 0 amide bonds. The van der Waals surface area contributed by atoms with Crippen LogP contribution in [-0.2, 0) is 12.8 Å². The molecule has 1 heterocycles. The molecule has 2 N–H and O–H groups in total. The number of aromatic nitrogens is 1. The number of carboxylic acid groups (broad SMARTS) is 1. The second-order valence-corrected chi connectivity index (χ2v) is 3.24. The first-order valence-corrected chi connectivity index (χ1v) is 4.13. The smallest absolute Gasteiger partial charge is 0.352 e. The number of hydrogen-bond donors (Lipinski definition) is 2. The molecular weight excluding hydrogens is 154 g/mol. The van der Waals surface area contributed by atoms with Crippen LogP contribution in [0.15, 0.2) is 0 Å². The summed E-state index contributed by atoms with van der Waals surface area (Å²) in [6, 6.07) is 0. The lowest BCUT2D eigenvalue weighted by atomic mass is 10.1. The minimum Gasteiger partial charge on any atom is -0.477 e. The molecule has 1 aromatic heterocycles. The highest BCUT2D eigenvalue weighted by Crippen LogP contribution is 2.27. The van der Waals surface area contributed by atoms with Crippen molar-refractivity contribution in [3.05, 3.63) is 22.5 Å². The van der Waals surface area contributed by atoms with Crippen LogP contribution in [0.1, 0.15) is 33.7 Å². The molecule has 0 radical (unpaired) electrons. The van der Waals surface area contributed by atoms with Gasteiger partial charge in [-0.1, -0.05) is 0 Å². The van der Waals surface area contributed by atoms with E-state index in [-0.39, 0.29) is 0 Å². The summed E-state index contributed by atoms with van der Waals surface area (Å²) in [5.41, 5.74) is 3.69. The Morgan fingerprint density at radius 2 is 2.08 bits per heavy atom. The van der Waals surface area contributed by atoms with E-state index < -0.39 is 5.97 Å². The van der Waals surface area contributed by atoms with Gasteiger partial charge in [-0.25, -0.2) is 4.79 Å². The molecule has 0 saturated carbocycles. The van der Waals surface area contributed by atoms with E-state index in [1.54, 1.807) is 0 Å². The molecule has 12 heavy (non-hydrogen) atoms. The molecule has 3 heteroatoms. The third-order valence-electron chi connectivity index (χ3n) is 2.50. The molecule has 0 fully saturated rings. The van der Waals surface area contributed by atoms with Crippen molar-refractivity contribution in [3.63, 3.8) is 0 Å². The Balaban J connectivity index is 2.58. The Bertz CT molecular complexity index is 339. The van der Waals surface area contributed by atoms with Crippen molar-refractivity contribution in [3.8, 4) is 0 Å². The standard InChI is InChI=1S/C9H11NO2/c1-5-6-3-2-4-7(6)8(10-5)9(11)12/h10H,2-4H2,1H3,(H,11,12). The van der Waals surface area contributed by atoms with E-state index >= 15 is 0 Å². The summed E-state index contributed by atoms with van der Waals surface area (Å²) in [6.45, 7) is 1.94. The van der Waals surface area contributed by atoms with Gasteiger partial charge in [-0.15, -0.1) is 0 Å². The second kappa shape index (κ2) is 2.37. The minimum atomic E-state index is -0.832. The highest BCUT2D eigenvalue weighted by atomic mass is 16.4. The van der Waals surface area contributed by atoms with Gasteiger partial charge in [-0.05, 0) is 37.3 Å². The Morgan fingerprint density at radius 1 is 1.42 bits per heavy atom. The number of carbonyl (C=O) groups is 1. The van der Waals surface area contributed by atoms with Crippen molar-refractivity contribution in [2.24, 2.45) is 0 Å². The molecular formula is C9H11NO2. The number of hydrogen-bond acceptors (Lipinski definition) is 1. The summed E-state index contributed by atoms with van der Waals surface area (Å²) in [7, 11) is 0. The van der Waals surface area contributed by atoms with Gasteiger partial charge in [0.1, 0.15) is 5.69 Å². The zero-order valence-corrected chi connectivity index (χ0v) is 6.98. The predicted molar refractivity (Wildman–Crippen MR) is 44.5 cm³/mol. The van der Waals surface area contributed by atoms with Gasteiger partial charge in [0.15, 0.2) is 0 Å². The first kappa shape index (κ1) is 7.40. The first-order chi connectivity index (χ1) is 5.70. The second-order valence-electron chi connectivity index (χ2n) is 3.24. The van der Waals surface area contributed by atoms with E-state index in [1.165, 1.54) is 5.56 Å². The molecule has 2 rings (SSSR count). The summed E-state index contributed by atoms with van der Waals surface area (Å²) in [5.74, 6) is -0.832. The highest BCUT2D eigenvalue weighted by Gasteiger charge is 2.22. The molecule has 0 spiro atoms. The van der Waals surface area contributed by atoms with Crippen molar-refractivity contribution in [2.45, 2.75) is 26.2 Å². The van der Waals surface area contributed by atoms with Crippen LogP contribution in [0.3, 0.4) is 0 Å². The zero-order chi connectivity index (χ0) is 8.72. The SMILES string of the molecule is Cc1[nH]c(C(=O)O)c2c1CCC2. The van der Waals surface area contributed by atoms with Crippen LogP contribution in [0.4, 0.5) is 0 Å². The molecule has 1 aliphatic rings. The van der Waals surface area contributed by atoms with Crippen molar-refractivity contribution in [1.82, 2.24) is 4.98 Å². The molecule has 0 aliphatic heterocycles. The van der Waals surface area contributed by atoms with E-state index in [0.29, 0.717) is 5.69 Å². The Morgan fingerprint density at radius 3 is 2.75 bits per heavy atom. The number of H-pyrrole nitrogens is 1. The normalized spacial score (nSPS) is 14.8. The number of nitrogens with one attached hydrogen (secondary N) is 1. The van der Waals surface area contributed by atoms with Crippen molar-refractivity contribution in [1.29, 1.82) is 0 Å². The van der Waals surface area contributed by atoms with Gasteiger partial charge >= 0.3 is 5.97 Å². The maximum absolute atomic E-state index is 10.7. The highest BCUT2D eigenvalue weighted by molar-refractivity contribution is 5.88. The third kappa shape index (κ3) is 0.858. The van der Waals surface area contributed by atoms with Gasteiger partial charge in [0.25, 0.3) is 0 Å². The first-order valence-electron chi connectivity index (χ1n) is 4.13. The monoisotopic (exact) mass is 165 g/mol. The van der Waals surface area contributed by atoms with Crippen molar-refractivity contribution in [2.75, 3.05) is 0 Å². The van der Waals surface area contributed by atoms with Crippen LogP contribution in [0.5, 0.6) is 0 Å². The van der Waals surface area contributed by atoms with Crippen LogP contribution in [0, 0.1) is 6.92 Å². The van der Waals surface area contributed by atoms with Gasteiger partial charge in [-0.2, -0.15) is 0 Å². The number of fused-ring (bicyclic) bond motifs is 1. The Kier molecular flexibility index (Phi) is 1.46. The molecule has 64 valence electrons. The molecule has 0 unspecified atom stereocenters. The van der Waals surface area contributed by atoms with Crippen LogP contribution in [0.25, 0.3) is 0 Å². The fourth-order valence-corrected chi connectivity index (χ4v) is 1.95. The molecule has 1 aliphatic carbocycles. The largest absolute Gasteiger partial charge is 0.477 e. The maximum atomic E-state index is 10.7. The van der Waals surface area contributed by atoms with Gasteiger partial charge in [0.05, 0.1) is 0 Å². The summed E-state index contributed by atoms with van der Waals surface area (Å²) in [4.78, 5) is 13.7. The lowest BCUT2D eigenvalue weighted by Gasteiger charge is -1.92. The van der Waals surface area contributed by atoms with Gasteiger partial charge in [-0.3, -0.25) is 0 Å². The fourth-order valence-electron chi connectivity index (χ4n) is 1.95. The quantitative estimate of drug-likeness (QED) is 0.662. The van der Waals surface area contributed by atoms with Crippen molar-refractivity contribution < 1.29 is 9.90 Å². The van der Waals surface area contributed by atoms with Crippen LogP contribution in [0.2, 0.25) is 0 Å². The van der Waals surface area contributed by atoms with E-state index in [0.717, 1.165) is 30.5 Å². The Hall–Kier alpha value is -1.25. The lowest BCUT2D eigenvalue weighted by molar-refractivity contribution is 0.0690. The molecule has 0 aromatic carbocycles. The summed E-state index contributed by atoms with van der Waals surface area (Å²) in [5, 5.41) is 8.83. The number of aromatic amines is 1. The van der Waals surface area contributed by atoms with E-state index in [2.05, 4.69) is 4.98 Å². The number of carboxylic acids is 1. The molecule has 0 atom stereocenters. The van der Waals surface area contributed by atoms with Crippen LogP contribution < -0.4 is 0 Å². The van der Waals surface area contributed by atoms with E-state index in [9.17, 15) is 4.79 Å². The molecule has 0 saturated heterocycles. The number of aromatic carboxylic acids is 1. The van der Waals surface area contributed by atoms with E-state index in [1.807, 2.05) is 6.92 Å². The average molecular weight is 165 g/mol. The van der Waals surface area contributed by atoms with Gasteiger partial charge < -0.3 is 10.1 Å². The lowest BCUT2D eigenvalue weighted by Crippen LogP contribution is -2.00. The number of aryl methyl sites for hydroxylation is 1. The molecule has 0 bridgehead atoms. The number of rotatable bonds is 1. The van der Waals surface area contributed by atoms with Gasteiger partial charge in [0.2, 0.25) is 0 Å².